The van der Waals surface area contributed by atoms with Gasteiger partial charge in [-0.25, -0.2) is 9.69 Å². The molecule has 3 aromatic carbocycles. The van der Waals surface area contributed by atoms with E-state index in [0.717, 1.165) is 10.5 Å². The van der Waals surface area contributed by atoms with Gasteiger partial charge in [-0.2, -0.15) is 0 Å². The second-order valence-electron chi connectivity index (χ2n) is 7.83. The van der Waals surface area contributed by atoms with E-state index in [9.17, 15) is 14.4 Å². The normalized spacial score (nSPS) is 14.5. The summed E-state index contributed by atoms with van der Waals surface area (Å²) in [7, 11) is 1.45. The lowest BCUT2D eigenvalue weighted by molar-refractivity contribution is -0.122. The summed E-state index contributed by atoms with van der Waals surface area (Å²) in [5.41, 5.74) is 1.37. The first-order valence-corrected chi connectivity index (χ1v) is 12.0. The molecule has 0 unspecified atom stereocenters. The predicted octanol–water partition coefficient (Wildman–Crippen LogP) is 5.65. The van der Waals surface area contributed by atoms with Gasteiger partial charge >= 0.3 is 6.03 Å². The minimum atomic E-state index is -0.857. The van der Waals surface area contributed by atoms with Crippen molar-refractivity contribution in [3.8, 4) is 17.2 Å². The van der Waals surface area contributed by atoms with Gasteiger partial charge in [-0.15, -0.1) is 0 Å². The Morgan fingerprint density at radius 3 is 2.30 bits per heavy atom. The van der Waals surface area contributed by atoms with E-state index in [2.05, 4.69) is 5.32 Å². The van der Waals surface area contributed by atoms with Crippen LogP contribution in [0, 0.1) is 0 Å². The second-order valence-corrected chi connectivity index (χ2v) is 8.68. The van der Waals surface area contributed by atoms with Crippen molar-refractivity contribution in [2.75, 3.05) is 18.6 Å². The van der Waals surface area contributed by atoms with Gasteiger partial charge in [0.05, 0.1) is 24.4 Å². The smallest absolute Gasteiger partial charge is 0.335 e. The molecule has 8 nitrogen and oxygen atoms in total. The van der Waals surface area contributed by atoms with Gasteiger partial charge in [-0.1, -0.05) is 35.3 Å². The zero-order chi connectivity index (χ0) is 26.5. The largest absolute Gasteiger partial charge is 0.493 e. The van der Waals surface area contributed by atoms with Gasteiger partial charge in [0.1, 0.15) is 17.9 Å². The highest BCUT2D eigenvalue weighted by molar-refractivity contribution is 6.39. The number of barbiturate groups is 1. The molecule has 0 saturated carbocycles. The molecule has 4 amide bonds. The van der Waals surface area contributed by atoms with Crippen LogP contribution in [0.25, 0.3) is 6.08 Å². The number of methoxy groups -OCH3 is 1. The van der Waals surface area contributed by atoms with Crippen LogP contribution in [0.3, 0.4) is 0 Å². The molecule has 0 aromatic heterocycles. The molecule has 0 bridgehead atoms. The quantitative estimate of drug-likeness (QED) is 0.293. The Kier molecular flexibility index (Phi) is 8.01. The maximum absolute atomic E-state index is 13.2. The van der Waals surface area contributed by atoms with E-state index in [1.165, 1.54) is 19.3 Å². The van der Waals surface area contributed by atoms with Gasteiger partial charge in [-0.3, -0.25) is 14.9 Å². The van der Waals surface area contributed by atoms with Crippen molar-refractivity contribution in [2.24, 2.45) is 0 Å². The number of carbonyl (C=O) groups is 3. The summed E-state index contributed by atoms with van der Waals surface area (Å²) < 4.78 is 16.6. The number of benzene rings is 3. The maximum atomic E-state index is 13.2. The fraction of sp³-hybridized carbons (Fsp3) is 0.148. The molecule has 0 atom stereocenters. The number of carbonyl (C=O) groups excluding carboxylic acids is 3. The Balaban J connectivity index is 1.56. The lowest BCUT2D eigenvalue weighted by atomic mass is 10.1. The zero-order valence-electron chi connectivity index (χ0n) is 19.9. The topological polar surface area (TPSA) is 94.2 Å². The van der Waals surface area contributed by atoms with Gasteiger partial charge < -0.3 is 14.2 Å². The molecule has 3 aromatic rings. The predicted molar refractivity (Wildman–Crippen MR) is 140 cm³/mol. The highest BCUT2D eigenvalue weighted by Gasteiger charge is 2.37. The number of hydrogen-bond acceptors (Lipinski definition) is 6. The molecule has 190 valence electrons. The van der Waals surface area contributed by atoms with Crippen LogP contribution in [0.2, 0.25) is 10.0 Å². The molecule has 1 heterocycles. The average Bonchev–Trinajstić information content (AvgIpc) is 2.88. The number of halogens is 2. The fourth-order valence-corrected chi connectivity index (χ4v) is 4.00. The minimum absolute atomic E-state index is 0.245. The van der Waals surface area contributed by atoms with Crippen LogP contribution in [0.5, 0.6) is 17.2 Å². The number of urea groups is 1. The summed E-state index contributed by atoms with van der Waals surface area (Å²) in [4.78, 5) is 39.2. The minimum Gasteiger partial charge on any atom is -0.493 e. The molecule has 4 rings (SSSR count). The summed E-state index contributed by atoms with van der Waals surface area (Å²) >= 11 is 12.2. The molecule has 1 fully saturated rings. The molecule has 1 aliphatic rings. The molecular weight excluding hydrogens is 519 g/mol. The van der Waals surface area contributed by atoms with Crippen LogP contribution < -0.4 is 24.4 Å². The highest BCUT2D eigenvalue weighted by Crippen LogP contribution is 2.37. The van der Waals surface area contributed by atoms with Crippen molar-refractivity contribution >= 4 is 52.8 Å². The second kappa shape index (κ2) is 11.4. The maximum Gasteiger partial charge on any atom is 0.335 e. The van der Waals surface area contributed by atoms with Crippen molar-refractivity contribution in [3.05, 3.63) is 87.4 Å². The number of amides is 4. The van der Waals surface area contributed by atoms with E-state index in [1.54, 1.807) is 49.4 Å². The van der Waals surface area contributed by atoms with E-state index in [-0.39, 0.29) is 16.3 Å². The van der Waals surface area contributed by atoms with E-state index in [0.29, 0.717) is 41.0 Å². The van der Waals surface area contributed by atoms with Crippen LogP contribution in [-0.4, -0.2) is 31.6 Å². The lowest BCUT2D eigenvalue weighted by Crippen LogP contribution is -2.54. The monoisotopic (exact) mass is 540 g/mol. The molecule has 0 radical (unpaired) electrons. The van der Waals surface area contributed by atoms with E-state index in [1.807, 2.05) is 12.1 Å². The summed E-state index contributed by atoms with van der Waals surface area (Å²) in [6.45, 7) is 2.50. The lowest BCUT2D eigenvalue weighted by Gasteiger charge is -2.26. The molecule has 0 spiro atoms. The first-order chi connectivity index (χ1) is 17.8. The Bertz CT molecular complexity index is 1370. The first kappa shape index (κ1) is 26.1. The number of anilines is 1. The van der Waals surface area contributed by atoms with Crippen LogP contribution >= 0.6 is 23.2 Å². The number of imide groups is 2. The number of ether oxygens (including phenoxy) is 3. The van der Waals surface area contributed by atoms with Gasteiger partial charge in [0.15, 0.2) is 11.5 Å². The van der Waals surface area contributed by atoms with Crippen molar-refractivity contribution in [2.45, 2.75) is 13.5 Å². The highest BCUT2D eigenvalue weighted by atomic mass is 35.5. The average molecular weight is 541 g/mol. The third-order valence-electron chi connectivity index (χ3n) is 5.37. The van der Waals surface area contributed by atoms with Crippen molar-refractivity contribution in [1.29, 1.82) is 0 Å². The molecule has 10 heteroatoms. The van der Waals surface area contributed by atoms with Crippen LogP contribution in [0.1, 0.15) is 18.1 Å². The fourth-order valence-electron chi connectivity index (χ4n) is 3.60. The molecule has 0 aliphatic carbocycles. The van der Waals surface area contributed by atoms with Crippen molar-refractivity contribution < 1.29 is 28.6 Å². The zero-order valence-corrected chi connectivity index (χ0v) is 21.4. The Hall–Kier alpha value is -4.01. The van der Waals surface area contributed by atoms with Gasteiger partial charge in [0.2, 0.25) is 0 Å². The van der Waals surface area contributed by atoms with Crippen LogP contribution in [-0.2, 0) is 16.2 Å². The van der Waals surface area contributed by atoms with E-state index >= 15 is 0 Å². The summed E-state index contributed by atoms with van der Waals surface area (Å²) in [6.07, 6.45) is 1.34. The Morgan fingerprint density at radius 1 is 0.946 bits per heavy atom. The van der Waals surface area contributed by atoms with Crippen LogP contribution in [0.15, 0.2) is 66.2 Å². The standard InChI is InChI=1S/C27H22Cl2N2O6/c1-3-36-24-22(29)13-17(14-23(24)35-2)12-21-25(32)30-27(34)31(26(21)33)19-8-10-20(11-9-19)37-15-16-4-6-18(28)7-5-16/h4-14H,3,15H2,1-2H3,(H,30,32,34)/b21-12+. The first-order valence-electron chi connectivity index (χ1n) is 11.2. The molecule has 1 saturated heterocycles. The number of hydrogen-bond donors (Lipinski definition) is 1. The summed E-state index contributed by atoms with van der Waals surface area (Å²) in [5, 5.41) is 3.08. The summed E-state index contributed by atoms with van der Waals surface area (Å²) in [6, 6.07) is 15.9. The molecular formula is C27H22Cl2N2O6. The number of nitrogens with one attached hydrogen (secondary N) is 1. The van der Waals surface area contributed by atoms with Gasteiger partial charge in [0.25, 0.3) is 11.8 Å². The number of rotatable bonds is 8. The SMILES string of the molecule is CCOc1c(Cl)cc(/C=C2\C(=O)NC(=O)N(c3ccc(OCc4ccc(Cl)cc4)cc3)C2=O)cc1OC. The Morgan fingerprint density at radius 2 is 1.65 bits per heavy atom. The van der Waals surface area contributed by atoms with Crippen molar-refractivity contribution in [1.82, 2.24) is 5.32 Å². The third-order valence-corrected chi connectivity index (χ3v) is 5.90. The summed E-state index contributed by atoms with van der Waals surface area (Å²) in [5.74, 6) is -0.382. The van der Waals surface area contributed by atoms with Crippen LogP contribution in [0.4, 0.5) is 10.5 Å². The molecule has 1 aliphatic heterocycles. The number of nitrogens with zero attached hydrogens (tertiary/aromatic N) is 1. The Labute approximate surface area is 223 Å². The molecule has 1 N–H and O–H groups in total. The molecule has 37 heavy (non-hydrogen) atoms. The van der Waals surface area contributed by atoms with E-state index in [4.69, 9.17) is 37.4 Å². The van der Waals surface area contributed by atoms with E-state index < -0.39 is 17.8 Å². The van der Waals surface area contributed by atoms with Gasteiger partial charge in [-0.05, 0) is 72.7 Å². The van der Waals surface area contributed by atoms with Gasteiger partial charge in [0, 0.05) is 5.02 Å². The van der Waals surface area contributed by atoms with Crippen molar-refractivity contribution in [3.63, 3.8) is 0 Å². The third kappa shape index (κ3) is 5.87.